The lowest BCUT2D eigenvalue weighted by atomic mass is 9.77. The minimum atomic E-state index is 0.484. The van der Waals surface area contributed by atoms with E-state index in [1.807, 2.05) is 0 Å². The van der Waals surface area contributed by atoms with E-state index in [0.29, 0.717) is 5.54 Å². The number of nitrogens with one attached hydrogen (secondary N) is 1. The van der Waals surface area contributed by atoms with Gasteiger partial charge in [0.25, 0.3) is 0 Å². The van der Waals surface area contributed by atoms with Gasteiger partial charge in [-0.05, 0) is 64.3 Å². The first-order valence-electron chi connectivity index (χ1n) is 6.50. The molecule has 2 unspecified atom stereocenters. The SMILES string of the molecule is CC1=CC(C)CC(CNC2(C)CCC2)C1. The number of hydrogen-bond acceptors (Lipinski definition) is 1. The zero-order valence-electron chi connectivity index (χ0n) is 10.5. The van der Waals surface area contributed by atoms with Gasteiger partial charge in [0, 0.05) is 5.54 Å². The Morgan fingerprint density at radius 1 is 1.47 bits per heavy atom. The van der Waals surface area contributed by atoms with Gasteiger partial charge in [-0.2, -0.15) is 0 Å². The smallest absolute Gasteiger partial charge is 0.0153 e. The van der Waals surface area contributed by atoms with Crippen LogP contribution in [0.2, 0.25) is 0 Å². The molecule has 0 radical (unpaired) electrons. The average molecular weight is 207 g/mol. The molecule has 0 saturated heterocycles. The second-order valence-electron chi connectivity index (χ2n) is 6.09. The predicted molar refractivity (Wildman–Crippen MR) is 65.9 cm³/mol. The number of hydrogen-bond donors (Lipinski definition) is 1. The monoisotopic (exact) mass is 207 g/mol. The van der Waals surface area contributed by atoms with Crippen molar-refractivity contribution in [2.75, 3.05) is 6.54 Å². The molecule has 1 nitrogen and oxygen atoms in total. The maximum Gasteiger partial charge on any atom is 0.0153 e. The molecule has 0 heterocycles. The van der Waals surface area contributed by atoms with Gasteiger partial charge in [-0.25, -0.2) is 0 Å². The van der Waals surface area contributed by atoms with Gasteiger partial charge in [-0.3, -0.25) is 0 Å². The second kappa shape index (κ2) is 4.29. The molecule has 0 bridgehead atoms. The fourth-order valence-electron chi connectivity index (χ4n) is 3.12. The van der Waals surface area contributed by atoms with Gasteiger partial charge in [0.2, 0.25) is 0 Å². The number of rotatable bonds is 3. The van der Waals surface area contributed by atoms with Crippen molar-refractivity contribution in [3.05, 3.63) is 11.6 Å². The van der Waals surface area contributed by atoms with E-state index in [2.05, 4.69) is 32.2 Å². The lowest BCUT2D eigenvalue weighted by Crippen LogP contribution is -2.50. The van der Waals surface area contributed by atoms with E-state index in [-0.39, 0.29) is 0 Å². The zero-order valence-corrected chi connectivity index (χ0v) is 10.5. The summed E-state index contributed by atoms with van der Waals surface area (Å²) in [6.45, 7) is 8.24. The summed E-state index contributed by atoms with van der Waals surface area (Å²) >= 11 is 0. The van der Waals surface area contributed by atoms with E-state index in [4.69, 9.17) is 0 Å². The van der Waals surface area contributed by atoms with Crippen molar-refractivity contribution < 1.29 is 0 Å². The summed E-state index contributed by atoms with van der Waals surface area (Å²) in [5.41, 5.74) is 2.08. The fourth-order valence-corrected chi connectivity index (χ4v) is 3.12. The third-order valence-corrected chi connectivity index (χ3v) is 4.16. The topological polar surface area (TPSA) is 12.0 Å². The summed E-state index contributed by atoms with van der Waals surface area (Å²) in [6, 6.07) is 0. The van der Waals surface area contributed by atoms with E-state index >= 15 is 0 Å². The molecule has 1 heteroatoms. The highest BCUT2D eigenvalue weighted by atomic mass is 15.0. The largest absolute Gasteiger partial charge is 0.311 e. The Hall–Kier alpha value is -0.300. The van der Waals surface area contributed by atoms with Crippen molar-refractivity contribution in [2.45, 2.75) is 58.4 Å². The highest BCUT2D eigenvalue weighted by Gasteiger charge is 2.31. The molecule has 1 saturated carbocycles. The Labute approximate surface area is 94.3 Å². The molecule has 2 aliphatic carbocycles. The van der Waals surface area contributed by atoms with Crippen LogP contribution in [0.5, 0.6) is 0 Å². The van der Waals surface area contributed by atoms with Gasteiger partial charge in [-0.1, -0.05) is 18.6 Å². The standard InChI is InChI=1S/C14H25N/c1-11-7-12(2)9-13(8-11)10-15-14(3)5-4-6-14/h7,11,13,15H,4-6,8-10H2,1-3H3. The molecule has 0 spiro atoms. The molecule has 1 fully saturated rings. The van der Waals surface area contributed by atoms with E-state index in [0.717, 1.165) is 11.8 Å². The van der Waals surface area contributed by atoms with Crippen molar-refractivity contribution in [3.8, 4) is 0 Å². The molecule has 86 valence electrons. The molecule has 0 aliphatic heterocycles. The summed E-state index contributed by atoms with van der Waals surface area (Å²) in [6.07, 6.45) is 9.31. The Morgan fingerprint density at radius 3 is 2.73 bits per heavy atom. The van der Waals surface area contributed by atoms with Gasteiger partial charge in [0.1, 0.15) is 0 Å². The molecule has 2 aliphatic rings. The van der Waals surface area contributed by atoms with Gasteiger partial charge in [-0.15, -0.1) is 0 Å². The predicted octanol–water partition coefficient (Wildman–Crippen LogP) is 3.51. The van der Waals surface area contributed by atoms with Gasteiger partial charge in [0.15, 0.2) is 0 Å². The molecule has 2 atom stereocenters. The van der Waals surface area contributed by atoms with Crippen molar-refractivity contribution in [1.82, 2.24) is 5.32 Å². The molecule has 0 aromatic heterocycles. The van der Waals surface area contributed by atoms with Crippen molar-refractivity contribution in [1.29, 1.82) is 0 Å². The Bertz CT molecular complexity index is 250. The minimum Gasteiger partial charge on any atom is -0.311 e. The molecule has 0 aromatic carbocycles. The Morgan fingerprint density at radius 2 is 2.20 bits per heavy atom. The number of allylic oxidation sites excluding steroid dienone is 2. The van der Waals surface area contributed by atoms with Crippen molar-refractivity contribution >= 4 is 0 Å². The third-order valence-electron chi connectivity index (χ3n) is 4.16. The first kappa shape index (κ1) is 11.2. The van der Waals surface area contributed by atoms with Crippen LogP contribution in [0.25, 0.3) is 0 Å². The minimum absolute atomic E-state index is 0.484. The van der Waals surface area contributed by atoms with Gasteiger partial charge < -0.3 is 5.32 Å². The van der Waals surface area contributed by atoms with Gasteiger partial charge >= 0.3 is 0 Å². The van der Waals surface area contributed by atoms with Gasteiger partial charge in [0.05, 0.1) is 0 Å². The second-order valence-corrected chi connectivity index (χ2v) is 6.09. The van der Waals surface area contributed by atoms with Crippen LogP contribution in [0.3, 0.4) is 0 Å². The van der Waals surface area contributed by atoms with E-state index in [9.17, 15) is 0 Å². The first-order valence-corrected chi connectivity index (χ1v) is 6.50. The fraction of sp³-hybridized carbons (Fsp3) is 0.857. The van der Waals surface area contributed by atoms with Crippen LogP contribution in [0.4, 0.5) is 0 Å². The summed E-state index contributed by atoms with van der Waals surface area (Å²) < 4.78 is 0. The first-order chi connectivity index (χ1) is 7.07. The molecule has 1 N–H and O–H groups in total. The summed E-state index contributed by atoms with van der Waals surface area (Å²) in [4.78, 5) is 0. The Balaban J connectivity index is 1.78. The van der Waals surface area contributed by atoms with E-state index < -0.39 is 0 Å². The summed E-state index contributed by atoms with van der Waals surface area (Å²) in [5.74, 6) is 1.67. The normalized spacial score (nSPS) is 34.5. The highest BCUT2D eigenvalue weighted by molar-refractivity contribution is 5.06. The zero-order chi connectivity index (χ0) is 10.9. The van der Waals surface area contributed by atoms with E-state index in [1.54, 1.807) is 5.57 Å². The van der Waals surface area contributed by atoms with Crippen molar-refractivity contribution in [3.63, 3.8) is 0 Å². The van der Waals surface area contributed by atoms with Crippen LogP contribution < -0.4 is 5.32 Å². The maximum atomic E-state index is 3.78. The molecule has 0 aromatic rings. The van der Waals surface area contributed by atoms with Crippen LogP contribution in [-0.4, -0.2) is 12.1 Å². The van der Waals surface area contributed by atoms with Crippen molar-refractivity contribution in [2.24, 2.45) is 11.8 Å². The van der Waals surface area contributed by atoms with Crippen LogP contribution >= 0.6 is 0 Å². The molecule has 2 rings (SSSR count). The maximum absolute atomic E-state index is 3.78. The van der Waals surface area contributed by atoms with Crippen LogP contribution in [-0.2, 0) is 0 Å². The quantitative estimate of drug-likeness (QED) is 0.698. The lowest BCUT2D eigenvalue weighted by Gasteiger charge is -2.41. The molecular weight excluding hydrogens is 182 g/mol. The van der Waals surface area contributed by atoms with E-state index in [1.165, 1.54) is 38.6 Å². The van der Waals surface area contributed by atoms with Crippen LogP contribution in [0.1, 0.15) is 52.9 Å². The van der Waals surface area contributed by atoms with Crippen LogP contribution in [0.15, 0.2) is 11.6 Å². The lowest BCUT2D eigenvalue weighted by molar-refractivity contribution is 0.191. The summed E-state index contributed by atoms with van der Waals surface area (Å²) in [7, 11) is 0. The molecule has 15 heavy (non-hydrogen) atoms. The highest BCUT2D eigenvalue weighted by Crippen LogP contribution is 2.33. The van der Waals surface area contributed by atoms with Crippen LogP contribution in [0, 0.1) is 11.8 Å². The molecular formula is C14H25N. The Kier molecular flexibility index (Phi) is 3.20. The average Bonchev–Trinajstić information content (AvgIpc) is 2.10. The summed E-state index contributed by atoms with van der Waals surface area (Å²) in [5, 5.41) is 3.78. The molecule has 0 amide bonds. The third kappa shape index (κ3) is 2.84.